The van der Waals surface area contributed by atoms with Gasteiger partial charge in [-0.15, -0.1) is 0 Å². The smallest absolute Gasteiger partial charge is 0.312 e. The molecule has 0 saturated heterocycles. The van der Waals surface area contributed by atoms with Crippen LogP contribution in [0, 0.1) is 5.82 Å². The second-order valence-corrected chi connectivity index (χ2v) is 3.90. The fraction of sp³-hybridized carbons (Fsp3) is 0.300. The zero-order valence-corrected chi connectivity index (χ0v) is 10.1. The zero-order chi connectivity index (χ0) is 12.3. The van der Waals surface area contributed by atoms with Gasteiger partial charge in [0.05, 0.1) is 17.5 Å². The Balaban J connectivity index is 3.32. The lowest BCUT2D eigenvalue weighted by molar-refractivity contribution is -0.138. The third kappa shape index (κ3) is 2.33. The minimum atomic E-state index is -1.07. The number of aliphatic carboxylic acids is 1. The highest BCUT2D eigenvalue weighted by Crippen LogP contribution is 2.35. The topological polar surface area (TPSA) is 72.5 Å². The summed E-state index contributed by atoms with van der Waals surface area (Å²) in [7, 11) is 1.35. The zero-order valence-electron chi connectivity index (χ0n) is 8.54. The average Bonchev–Trinajstić information content (AvgIpc) is 2.24. The van der Waals surface area contributed by atoms with Gasteiger partial charge in [0.2, 0.25) is 0 Å². The van der Waals surface area contributed by atoms with Crippen LogP contribution in [0.1, 0.15) is 11.5 Å². The van der Waals surface area contributed by atoms with E-state index in [1.165, 1.54) is 19.2 Å². The van der Waals surface area contributed by atoms with Crippen molar-refractivity contribution >= 4 is 21.9 Å². The van der Waals surface area contributed by atoms with Gasteiger partial charge in [-0.3, -0.25) is 4.79 Å². The summed E-state index contributed by atoms with van der Waals surface area (Å²) < 4.78 is 18.3. The van der Waals surface area contributed by atoms with Crippen LogP contribution in [0.2, 0.25) is 0 Å². The Kier molecular flexibility index (Phi) is 4.26. The van der Waals surface area contributed by atoms with E-state index in [-0.39, 0.29) is 16.8 Å². The molecule has 0 aromatic heterocycles. The summed E-state index contributed by atoms with van der Waals surface area (Å²) in [5.74, 6) is -2.33. The third-order valence-electron chi connectivity index (χ3n) is 2.19. The van der Waals surface area contributed by atoms with Gasteiger partial charge in [-0.2, -0.15) is 0 Å². The SMILES string of the molecule is COc1c(C(CN)C(=O)O)ccc(F)c1Br. The van der Waals surface area contributed by atoms with E-state index in [0.717, 1.165) is 0 Å². The van der Waals surface area contributed by atoms with Gasteiger partial charge in [0.25, 0.3) is 0 Å². The number of halogens is 2. The molecular formula is C10H11BrFNO3. The molecule has 1 aromatic rings. The molecule has 0 bridgehead atoms. The maximum absolute atomic E-state index is 13.2. The van der Waals surface area contributed by atoms with Crippen molar-refractivity contribution in [2.24, 2.45) is 5.73 Å². The molecule has 0 heterocycles. The summed E-state index contributed by atoms with van der Waals surface area (Å²) in [4.78, 5) is 11.0. The van der Waals surface area contributed by atoms with Gasteiger partial charge >= 0.3 is 5.97 Å². The van der Waals surface area contributed by atoms with Crippen molar-refractivity contribution in [3.8, 4) is 5.75 Å². The molecule has 16 heavy (non-hydrogen) atoms. The van der Waals surface area contributed by atoms with Crippen LogP contribution in [0.4, 0.5) is 4.39 Å². The Morgan fingerprint density at radius 3 is 2.75 bits per heavy atom. The standard InChI is InChI=1S/C10H11BrFNO3/c1-16-9-5(6(4-13)10(14)15)2-3-7(12)8(9)11/h2-3,6H,4,13H2,1H3,(H,14,15). The molecule has 1 rings (SSSR count). The van der Waals surface area contributed by atoms with Crippen LogP contribution in [-0.4, -0.2) is 24.7 Å². The number of hydrogen-bond donors (Lipinski definition) is 2. The summed E-state index contributed by atoms with van der Waals surface area (Å²) in [6.45, 7) is -0.0796. The van der Waals surface area contributed by atoms with E-state index >= 15 is 0 Å². The van der Waals surface area contributed by atoms with Crippen molar-refractivity contribution in [2.45, 2.75) is 5.92 Å². The first-order valence-electron chi connectivity index (χ1n) is 4.47. The maximum Gasteiger partial charge on any atom is 0.312 e. The number of carboxylic acids is 1. The van der Waals surface area contributed by atoms with Crippen molar-refractivity contribution in [3.05, 3.63) is 28.0 Å². The Bertz CT molecular complexity index is 411. The Hall–Kier alpha value is -1.14. The quantitative estimate of drug-likeness (QED) is 0.886. The van der Waals surface area contributed by atoms with E-state index in [4.69, 9.17) is 15.6 Å². The lowest BCUT2D eigenvalue weighted by atomic mass is 9.98. The second kappa shape index (κ2) is 5.27. The number of methoxy groups -OCH3 is 1. The predicted octanol–water partition coefficient (Wildman–Crippen LogP) is 1.72. The lowest BCUT2D eigenvalue weighted by Gasteiger charge is -2.15. The summed E-state index contributed by atoms with van der Waals surface area (Å²) in [6.07, 6.45) is 0. The molecule has 1 atom stereocenters. The van der Waals surface area contributed by atoms with Crippen LogP contribution < -0.4 is 10.5 Å². The van der Waals surface area contributed by atoms with E-state index in [1.807, 2.05) is 0 Å². The van der Waals surface area contributed by atoms with E-state index in [0.29, 0.717) is 5.56 Å². The highest BCUT2D eigenvalue weighted by Gasteiger charge is 2.24. The molecule has 0 saturated carbocycles. The Labute approximate surface area is 100 Å². The van der Waals surface area contributed by atoms with Gasteiger partial charge in [-0.05, 0) is 22.0 Å². The number of hydrogen-bond acceptors (Lipinski definition) is 3. The number of carboxylic acid groups (broad SMARTS) is 1. The van der Waals surface area contributed by atoms with Crippen LogP contribution in [0.15, 0.2) is 16.6 Å². The molecule has 0 spiro atoms. The van der Waals surface area contributed by atoms with Gasteiger partial charge in [0.15, 0.2) is 0 Å². The molecule has 3 N–H and O–H groups in total. The molecule has 0 aliphatic carbocycles. The van der Waals surface area contributed by atoms with E-state index in [9.17, 15) is 9.18 Å². The molecule has 0 aliphatic heterocycles. The molecule has 6 heteroatoms. The molecule has 4 nitrogen and oxygen atoms in total. The normalized spacial score (nSPS) is 12.2. The number of nitrogens with two attached hydrogens (primary N) is 1. The van der Waals surface area contributed by atoms with Crippen LogP contribution in [0.5, 0.6) is 5.75 Å². The van der Waals surface area contributed by atoms with Gasteiger partial charge in [0.1, 0.15) is 11.6 Å². The first-order valence-corrected chi connectivity index (χ1v) is 5.27. The number of rotatable bonds is 4. The van der Waals surface area contributed by atoms with Gasteiger partial charge in [-0.25, -0.2) is 4.39 Å². The number of carbonyl (C=O) groups is 1. The third-order valence-corrected chi connectivity index (χ3v) is 2.93. The highest BCUT2D eigenvalue weighted by molar-refractivity contribution is 9.10. The molecular weight excluding hydrogens is 281 g/mol. The first-order chi connectivity index (χ1) is 7.52. The average molecular weight is 292 g/mol. The fourth-order valence-electron chi connectivity index (χ4n) is 1.39. The minimum Gasteiger partial charge on any atom is -0.495 e. The monoisotopic (exact) mass is 291 g/mol. The summed E-state index contributed by atoms with van der Waals surface area (Å²) >= 11 is 3.00. The molecule has 0 aliphatic rings. The predicted molar refractivity (Wildman–Crippen MR) is 60.1 cm³/mol. The molecule has 88 valence electrons. The van der Waals surface area contributed by atoms with E-state index in [1.54, 1.807) is 0 Å². The van der Waals surface area contributed by atoms with E-state index in [2.05, 4.69) is 15.9 Å². The largest absolute Gasteiger partial charge is 0.495 e. The van der Waals surface area contributed by atoms with Gasteiger partial charge in [0, 0.05) is 12.1 Å². The van der Waals surface area contributed by atoms with E-state index < -0.39 is 17.7 Å². The highest BCUT2D eigenvalue weighted by atomic mass is 79.9. The van der Waals surface area contributed by atoms with Crippen molar-refractivity contribution in [3.63, 3.8) is 0 Å². The first kappa shape index (κ1) is 12.9. The minimum absolute atomic E-state index is 0.0796. The molecule has 0 radical (unpaired) electrons. The fourth-order valence-corrected chi connectivity index (χ4v) is 1.91. The Morgan fingerprint density at radius 1 is 1.69 bits per heavy atom. The molecule has 1 unspecified atom stereocenters. The molecule has 1 aromatic carbocycles. The number of benzene rings is 1. The van der Waals surface area contributed by atoms with Crippen LogP contribution >= 0.6 is 15.9 Å². The van der Waals surface area contributed by atoms with Crippen LogP contribution in [0.25, 0.3) is 0 Å². The molecule has 0 fully saturated rings. The van der Waals surface area contributed by atoms with Crippen LogP contribution in [-0.2, 0) is 4.79 Å². The number of ether oxygens (including phenoxy) is 1. The second-order valence-electron chi connectivity index (χ2n) is 3.11. The summed E-state index contributed by atoms with van der Waals surface area (Å²) in [6, 6.07) is 2.54. The Morgan fingerprint density at radius 2 is 2.31 bits per heavy atom. The summed E-state index contributed by atoms with van der Waals surface area (Å²) in [5, 5.41) is 8.96. The maximum atomic E-state index is 13.2. The summed E-state index contributed by atoms with van der Waals surface area (Å²) in [5.41, 5.74) is 5.72. The van der Waals surface area contributed by atoms with Crippen molar-refractivity contribution in [1.29, 1.82) is 0 Å². The lowest BCUT2D eigenvalue weighted by Crippen LogP contribution is -2.21. The van der Waals surface area contributed by atoms with Crippen molar-refractivity contribution in [2.75, 3.05) is 13.7 Å². The van der Waals surface area contributed by atoms with Gasteiger partial charge in [-0.1, -0.05) is 6.07 Å². The van der Waals surface area contributed by atoms with Crippen molar-refractivity contribution < 1.29 is 19.0 Å². The van der Waals surface area contributed by atoms with Crippen LogP contribution in [0.3, 0.4) is 0 Å². The van der Waals surface area contributed by atoms with Crippen molar-refractivity contribution in [1.82, 2.24) is 0 Å². The van der Waals surface area contributed by atoms with Gasteiger partial charge < -0.3 is 15.6 Å². The molecule has 0 amide bonds.